The average molecular weight is 580 g/mol. The van der Waals surface area contributed by atoms with Crippen LogP contribution in [-0.2, 0) is 29.5 Å². The molecule has 2 saturated heterocycles. The summed E-state index contributed by atoms with van der Waals surface area (Å²) in [5.41, 5.74) is -1.88. The fourth-order valence-electron chi connectivity index (χ4n) is 6.86. The van der Waals surface area contributed by atoms with Crippen molar-refractivity contribution in [3.63, 3.8) is 0 Å². The molecule has 2 amide bonds. The summed E-state index contributed by atoms with van der Waals surface area (Å²) in [5.74, 6) is -1.77. The van der Waals surface area contributed by atoms with Crippen molar-refractivity contribution in [2.45, 2.75) is 81.8 Å². The van der Waals surface area contributed by atoms with Gasteiger partial charge in [0.15, 0.2) is 5.60 Å². The second-order valence-corrected chi connectivity index (χ2v) is 15.3. The molecule has 0 aromatic heterocycles. The molecule has 4 rings (SSSR count). The highest BCUT2D eigenvalue weighted by atomic mass is 28.4. The smallest absolute Gasteiger partial charge is 0.305 e. The average Bonchev–Trinajstić information content (AvgIpc) is 3.56. The Morgan fingerprint density at radius 3 is 2.67 bits per heavy atom. The Kier molecular flexibility index (Phi) is 8.67. The number of aliphatic hydroxyl groups excluding tert-OH is 1. The molecule has 40 heavy (non-hydrogen) atoms. The molecule has 3 heterocycles. The van der Waals surface area contributed by atoms with E-state index in [1.54, 1.807) is 11.8 Å². The Balaban J connectivity index is 1.70. The van der Waals surface area contributed by atoms with Gasteiger partial charge in [0.05, 0.1) is 42.9 Å². The summed E-state index contributed by atoms with van der Waals surface area (Å²) in [6.07, 6.45) is 1.50. The highest BCUT2D eigenvalue weighted by Crippen LogP contribution is 2.60. The van der Waals surface area contributed by atoms with Gasteiger partial charge >= 0.3 is 5.97 Å². The van der Waals surface area contributed by atoms with Crippen LogP contribution in [0, 0.1) is 16.0 Å². The van der Waals surface area contributed by atoms with Gasteiger partial charge in [-0.05, 0) is 44.8 Å². The van der Waals surface area contributed by atoms with Crippen LogP contribution in [0.2, 0.25) is 18.6 Å². The zero-order chi connectivity index (χ0) is 29.4. The number of nitro groups is 1. The summed E-state index contributed by atoms with van der Waals surface area (Å²) in [5, 5.41) is 21.4. The topological polar surface area (TPSA) is 140 Å². The van der Waals surface area contributed by atoms with Gasteiger partial charge in [-0.15, -0.1) is 0 Å². The molecule has 220 valence electrons. The molecule has 13 heteroatoms. The number of hydrogen-bond donors (Lipinski definition) is 1. The summed E-state index contributed by atoms with van der Waals surface area (Å²) in [7, 11) is -2.23. The lowest BCUT2D eigenvalue weighted by atomic mass is 9.82. The quantitative estimate of drug-likeness (QED) is 0.111. The number of amides is 2. The van der Waals surface area contributed by atoms with Gasteiger partial charge in [-0.25, -0.2) is 0 Å². The molecule has 3 aliphatic rings. The van der Waals surface area contributed by atoms with E-state index in [9.17, 15) is 29.6 Å². The van der Waals surface area contributed by atoms with Crippen molar-refractivity contribution in [3.8, 4) is 0 Å². The molecular weight excluding hydrogens is 541 g/mol. The van der Waals surface area contributed by atoms with Gasteiger partial charge in [-0.3, -0.25) is 24.5 Å². The minimum absolute atomic E-state index is 0.149. The van der Waals surface area contributed by atoms with E-state index in [1.807, 2.05) is 0 Å². The van der Waals surface area contributed by atoms with Gasteiger partial charge in [0.1, 0.15) is 0 Å². The van der Waals surface area contributed by atoms with Crippen LogP contribution >= 0.6 is 0 Å². The van der Waals surface area contributed by atoms with Gasteiger partial charge in [0.2, 0.25) is 14.3 Å². The second kappa shape index (κ2) is 11.5. The third kappa shape index (κ3) is 5.26. The molecule has 0 radical (unpaired) electrons. The molecule has 1 N–H and O–H groups in total. The van der Waals surface area contributed by atoms with Crippen molar-refractivity contribution < 1.29 is 38.0 Å². The molecule has 0 aliphatic carbocycles. The number of ether oxygens (including phenoxy) is 2. The lowest BCUT2D eigenvalue weighted by Gasteiger charge is -2.31. The van der Waals surface area contributed by atoms with Crippen molar-refractivity contribution >= 4 is 37.6 Å². The number of rotatable bonds is 10. The van der Waals surface area contributed by atoms with Crippen LogP contribution in [0.5, 0.6) is 0 Å². The van der Waals surface area contributed by atoms with E-state index < -0.39 is 42.4 Å². The normalized spacial score (nSPS) is 27.9. The number of carbonyl (C=O) groups is 3. The number of carbonyl (C=O) groups excluding carboxylic acids is 3. The van der Waals surface area contributed by atoms with Gasteiger partial charge in [0, 0.05) is 48.7 Å². The summed E-state index contributed by atoms with van der Waals surface area (Å²) in [6.45, 7) is 5.35. The van der Waals surface area contributed by atoms with E-state index >= 15 is 4.11 Å². The molecule has 1 spiro atoms. The van der Waals surface area contributed by atoms with Crippen molar-refractivity contribution in [1.82, 2.24) is 4.90 Å². The molecule has 1 aromatic carbocycles. The fraction of sp³-hybridized carbons (Fsp3) is 0.667. The summed E-state index contributed by atoms with van der Waals surface area (Å²) >= 11 is 0. The van der Waals surface area contributed by atoms with Crippen LogP contribution in [0.25, 0.3) is 0 Å². The van der Waals surface area contributed by atoms with Gasteiger partial charge in [-0.1, -0.05) is 6.92 Å². The second-order valence-electron chi connectivity index (χ2n) is 11.5. The minimum atomic E-state index is -3.53. The molecule has 2 fully saturated rings. The first-order valence-corrected chi connectivity index (χ1v) is 16.8. The van der Waals surface area contributed by atoms with Crippen LogP contribution in [0.15, 0.2) is 18.2 Å². The zero-order valence-corrected chi connectivity index (χ0v) is 24.4. The van der Waals surface area contributed by atoms with Gasteiger partial charge in [-0.2, -0.15) is 0 Å². The summed E-state index contributed by atoms with van der Waals surface area (Å²) in [6, 6.07) is 3.86. The van der Waals surface area contributed by atoms with E-state index in [1.165, 1.54) is 43.3 Å². The Hall–Kier alpha value is -2.90. The monoisotopic (exact) mass is 579 g/mol. The molecule has 0 unspecified atom stereocenters. The number of unbranched alkanes of at least 4 members (excludes halogenated alkanes) is 1. The predicted octanol–water partition coefficient (Wildman–Crippen LogP) is 3.43. The maximum absolute atomic E-state index is 16.0. The number of hydrogen-bond acceptors (Lipinski definition) is 8. The lowest BCUT2D eigenvalue weighted by molar-refractivity contribution is -0.385. The van der Waals surface area contributed by atoms with E-state index in [4.69, 9.17) is 4.74 Å². The first kappa shape index (κ1) is 30.1. The van der Waals surface area contributed by atoms with E-state index in [0.29, 0.717) is 37.1 Å². The summed E-state index contributed by atoms with van der Waals surface area (Å²) < 4.78 is 27.2. The van der Waals surface area contributed by atoms with E-state index in [0.717, 1.165) is 6.42 Å². The van der Waals surface area contributed by atoms with E-state index in [-0.39, 0.29) is 49.6 Å². The Labute approximate surface area is 233 Å². The predicted molar refractivity (Wildman–Crippen MR) is 146 cm³/mol. The van der Waals surface area contributed by atoms with Crippen molar-refractivity contribution in [2.24, 2.45) is 5.92 Å². The zero-order valence-electron chi connectivity index (χ0n) is 23.4. The number of methoxy groups -OCH3 is 1. The Bertz CT molecular complexity index is 1180. The number of anilines is 1. The molecule has 1 aromatic rings. The highest BCUT2D eigenvalue weighted by Gasteiger charge is 2.67. The number of fused-ring (bicyclic) bond motifs is 2. The number of nitrogens with zero attached hydrogens (tertiary/aromatic N) is 3. The van der Waals surface area contributed by atoms with Crippen LogP contribution < -0.4 is 4.90 Å². The highest BCUT2D eigenvalue weighted by molar-refractivity contribution is 6.72. The number of benzene rings is 1. The van der Waals surface area contributed by atoms with Gasteiger partial charge in [0.25, 0.3) is 11.6 Å². The number of halogens is 1. The maximum atomic E-state index is 16.0. The fourth-order valence-corrected chi connectivity index (χ4v) is 9.35. The molecule has 11 nitrogen and oxygen atoms in total. The van der Waals surface area contributed by atoms with Crippen LogP contribution in [0.3, 0.4) is 0 Å². The van der Waals surface area contributed by atoms with E-state index in [2.05, 4.69) is 4.74 Å². The third-order valence-electron chi connectivity index (χ3n) is 8.68. The van der Waals surface area contributed by atoms with Crippen molar-refractivity contribution in [2.75, 3.05) is 31.7 Å². The van der Waals surface area contributed by atoms with Gasteiger partial charge < -0.3 is 28.5 Å². The third-order valence-corrected chi connectivity index (χ3v) is 11.1. The number of aliphatic hydroxyl groups is 1. The molecule has 0 saturated carbocycles. The maximum Gasteiger partial charge on any atom is 0.305 e. The molecule has 5 atom stereocenters. The first-order valence-electron chi connectivity index (χ1n) is 13.8. The standard InChI is InChI=1S/C27H38FN3O8Si/c1-17-25(40(3,4)28)22(15-23(33)29-13-7-8-19(29)16-32)39-27(17)20-14-18(31(36)37)10-11-21(20)30(26(27)35)12-6-5-9-24(34)38-2/h10-11,14,17,19,22,25,32H,5-9,12-13,15-16H2,1-4H3/t17-,19-,22+,25-,27+/m0/s1. The van der Waals surface area contributed by atoms with Crippen LogP contribution in [0.1, 0.15) is 51.0 Å². The Morgan fingerprint density at radius 2 is 2.05 bits per heavy atom. The largest absolute Gasteiger partial charge is 0.469 e. The molecule has 3 aliphatic heterocycles. The SMILES string of the molecule is COC(=O)CCCCN1C(=O)[C@]2(O[C@H](CC(=O)N3CCC[C@H]3CO)[C@@H]([Si](C)(C)F)[C@@H]2C)c2cc([N+](=O)[O-])ccc21. The number of non-ortho nitro benzene ring substituents is 1. The molecular formula is C27H38FN3O8Si. The minimum Gasteiger partial charge on any atom is -0.469 e. The Morgan fingerprint density at radius 1 is 1.32 bits per heavy atom. The van der Waals surface area contributed by atoms with Crippen molar-refractivity contribution in [3.05, 3.63) is 33.9 Å². The lowest BCUT2D eigenvalue weighted by Crippen LogP contribution is -2.45. The first-order chi connectivity index (χ1) is 18.9. The van der Waals surface area contributed by atoms with Crippen LogP contribution in [-0.4, -0.2) is 80.1 Å². The number of esters is 1. The number of nitro benzene ring substituents is 1. The number of likely N-dealkylation sites (tertiary alicyclic amines) is 1. The van der Waals surface area contributed by atoms with Crippen molar-refractivity contribution in [1.29, 1.82) is 0 Å². The van der Waals surface area contributed by atoms with Crippen LogP contribution in [0.4, 0.5) is 15.5 Å². The molecule has 0 bridgehead atoms. The summed E-state index contributed by atoms with van der Waals surface area (Å²) in [4.78, 5) is 53.4.